The van der Waals surface area contributed by atoms with E-state index in [1.165, 1.54) is 0 Å². The summed E-state index contributed by atoms with van der Waals surface area (Å²) in [5.41, 5.74) is 0. The van der Waals surface area contributed by atoms with E-state index in [2.05, 4.69) is 9.05 Å². The Morgan fingerprint density at radius 1 is 1.00 bits per heavy atom. The van der Waals surface area contributed by atoms with Crippen molar-refractivity contribution < 1.29 is 23.7 Å². The third kappa shape index (κ3) is 2.52. The van der Waals surface area contributed by atoms with Crippen LogP contribution in [0.4, 0.5) is 0 Å². The first kappa shape index (κ1) is 8.23. The Morgan fingerprint density at radius 3 is 1.25 bits per heavy atom. The van der Waals surface area contributed by atoms with Gasteiger partial charge in [-0.05, 0) is 0 Å². The molecule has 0 spiro atoms. The molecule has 0 aliphatic carbocycles. The van der Waals surface area contributed by atoms with Crippen LogP contribution in [-0.2, 0) is 9.05 Å². The average molecular weight is 144 g/mol. The molecule has 0 saturated carbocycles. The van der Waals surface area contributed by atoms with Crippen LogP contribution >= 0.6 is 7.74 Å². The number of rotatable bonds is 2. The molecular formula is C2H9O5P. The topological polar surface area (TPSA) is 79.2 Å². The van der Waals surface area contributed by atoms with Crippen LogP contribution in [0.15, 0.2) is 0 Å². The summed E-state index contributed by atoms with van der Waals surface area (Å²) in [7, 11) is -3.24. The van der Waals surface area contributed by atoms with Gasteiger partial charge in [-0.2, -0.15) is 0 Å². The van der Waals surface area contributed by atoms with Gasteiger partial charge in [0.25, 0.3) is 0 Å². The molecule has 0 aromatic rings. The minimum atomic E-state index is -5.10. The molecule has 8 heavy (non-hydrogen) atoms. The zero-order valence-electron chi connectivity index (χ0n) is 4.61. The molecule has 0 atom stereocenters. The molecule has 5 nitrogen and oxygen atoms in total. The van der Waals surface area contributed by atoms with Crippen LogP contribution in [0.2, 0.25) is 0 Å². The molecule has 0 aromatic heterocycles. The van der Waals surface area contributed by atoms with Crippen molar-refractivity contribution in [2.45, 2.75) is 0 Å². The van der Waals surface area contributed by atoms with Gasteiger partial charge in [-0.3, -0.25) is 0 Å². The van der Waals surface area contributed by atoms with Crippen molar-refractivity contribution in [2.24, 2.45) is 0 Å². The molecule has 0 aromatic carbocycles. The fourth-order valence-electron chi connectivity index (χ4n) is 0.0745. The standard InChI is InChI=1S/C2H9O5P/c1-6-8(3,4,5)7-2/h3-5H,1-2H3. The fraction of sp³-hybridized carbons (Fsp3) is 1.00. The Kier molecular flexibility index (Phi) is 1.93. The van der Waals surface area contributed by atoms with E-state index in [4.69, 9.17) is 14.7 Å². The maximum atomic E-state index is 8.39. The Labute approximate surface area is 46.8 Å². The molecule has 0 aliphatic heterocycles. The van der Waals surface area contributed by atoms with Crippen LogP contribution in [0.3, 0.4) is 0 Å². The van der Waals surface area contributed by atoms with Gasteiger partial charge in [0.1, 0.15) is 0 Å². The first-order chi connectivity index (χ1) is 3.39. The summed E-state index contributed by atoms with van der Waals surface area (Å²) in [4.78, 5) is 25.2. The quantitative estimate of drug-likeness (QED) is 0.450. The van der Waals surface area contributed by atoms with Crippen LogP contribution in [-0.4, -0.2) is 28.9 Å². The van der Waals surface area contributed by atoms with Crippen LogP contribution in [0, 0.1) is 0 Å². The fourth-order valence-corrected chi connectivity index (χ4v) is 0.224. The molecule has 0 unspecified atom stereocenters. The van der Waals surface area contributed by atoms with Gasteiger partial charge in [-0.1, -0.05) is 0 Å². The SMILES string of the molecule is COP(O)(O)(O)OC. The third-order valence-corrected chi connectivity index (χ3v) is 1.92. The van der Waals surface area contributed by atoms with Crippen LogP contribution < -0.4 is 0 Å². The number of hydrogen-bond acceptors (Lipinski definition) is 5. The van der Waals surface area contributed by atoms with Gasteiger partial charge >= 0.3 is 45.7 Å². The van der Waals surface area contributed by atoms with Crippen LogP contribution in [0.1, 0.15) is 0 Å². The Bertz CT molecular complexity index is 74.2. The average Bonchev–Trinajstić information content (AvgIpc) is 1.68. The first-order valence-electron chi connectivity index (χ1n) is 1.78. The van der Waals surface area contributed by atoms with Gasteiger partial charge in [-0.15, -0.1) is 0 Å². The zero-order chi connectivity index (χ0) is 6.86. The molecule has 0 fully saturated rings. The van der Waals surface area contributed by atoms with E-state index in [1.807, 2.05) is 0 Å². The second kappa shape index (κ2) is 1.88. The molecule has 0 bridgehead atoms. The van der Waals surface area contributed by atoms with Crippen molar-refractivity contribution in [3.05, 3.63) is 0 Å². The third-order valence-electron chi connectivity index (χ3n) is 0.639. The van der Waals surface area contributed by atoms with Gasteiger partial charge in [-0.25, -0.2) is 0 Å². The molecule has 6 heteroatoms. The molecule has 0 amide bonds. The van der Waals surface area contributed by atoms with Crippen LogP contribution in [0.25, 0.3) is 0 Å². The van der Waals surface area contributed by atoms with E-state index in [9.17, 15) is 0 Å². The van der Waals surface area contributed by atoms with Gasteiger partial charge in [0, 0.05) is 0 Å². The Hall–Kier alpha value is 0.230. The maximum absolute atomic E-state index is 8.39. The van der Waals surface area contributed by atoms with E-state index in [1.54, 1.807) is 0 Å². The van der Waals surface area contributed by atoms with Gasteiger partial charge in [0.2, 0.25) is 0 Å². The predicted octanol–water partition coefficient (Wildman–Crippen LogP) is -0.616. The van der Waals surface area contributed by atoms with Crippen molar-refractivity contribution in [3.63, 3.8) is 0 Å². The van der Waals surface area contributed by atoms with E-state index in [0.29, 0.717) is 0 Å². The van der Waals surface area contributed by atoms with E-state index in [-0.39, 0.29) is 0 Å². The summed E-state index contributed by atoms with van der Waals surface area (Å²) in [6.07, 6.45) is 0. The van der Waals surface area contributed by atoms with E-state index in [0.717, 1.165) is 14.2 Å². The molecule has 3 N–H and O–H groups in total. The zero-order valence-corrected chi connectivity index (χ0v) is 5.50. The van der Waals surface area contributed by atoms with Crippen molar-refractivity contribution in [1.29, 1.82) is 0 Å². The second-order valence-corrected chi connectivity index (χ2v) is 3.59. The minimum absolute atomic E-state index is 0.932. The summed E-state index contributed by atoms with van der Waals surface area (Å²) < 4.78 is 7.70. The van der Waals surface area contributed by atoms with Crippen molar-refractivity contribution in [1.82, 2.24) is 0 Å². The van der Waals surface area contributed by atoms with Crippen molar-refractivity contribution in [3.8, 4) is 0 Å². The predicted molar refractivity (Wildman–Crippen MR) is 27.6 cm³/mol. The molecule has 0 heterocycles. The summed E-state index contributed by atoms with van der Waals surface area (Å²) in [6, 6.07) is 0. The molecular weight excluding hydrogens is 135 g/mol. The Balaban J connectivity index is 3.99. The molecule has 0 rings (SSSR count). The van der Waals surface area contributed by atoms with Gasteiger partial charge in [0.05, 0.1) is 0 Å². The molecule has 0 aliphatic rings. The molecule has 52 valence electrons. The monoisotopic (exact) mass is 144 g/mol. The summed E-state index contributed by atoms with van der Waals surface area (Å²) in [5.74, 6) is 0. The molecule has 0 radical (unpaired) electrons. The normalized spacial score (nSPS) is 17.4. The van der Waals surface area contributed by atoms with Gasteiger partial charge < -0.3 is 0 Å². The summed E-state index contributed by atoms with van der Waals surface area (Å²) in [6.45, 7) is 0. The van der Waals surface area contributed by atoms with E-state index < -0.39 is 7.74 Å². The Morgan fingerprint density at radius 2 is 1.25 bits per heavy atom. The summed E-state index contributed by atoms with van der Waals surface area (Å²) in [5, 5.41) is 0. The number of hydrogen-bond donors (Lipinski definition) is 3. The van der Waals surface area contributed by atoms with Crippen molar-refractivity contribution in [2.75, 3.05) is 14.2 Å². The first-order valence-corrected chi connectivity index (χ1v) is 3.71. The molecule has 0 saturated heterocycles. The van der Waals surface area contributed by atoms with Crippen LogP contribution in [0.5, 0.6) is 0 Å². The van der Waals surface area contributed by atoms with Gasteiger partial charge in [0.15, 0.2) is 0 Å². The second-order valence-electron chi connectivity index (χ2n) is 1.20. The van der Waals surface area contributed by atoms with E-state index >= 15 is 0 Å². The van der Waals surface area contributed by atoms with Crippen molar-refractivity contribution >= 4 is 7.74 Å². The summed E-state index contributed by atoms with van der Waals surface area (Å²) >= 11 is 0.